The average molecular weight is 328 g/mol. The molecule has 0 saturated heterocycles. The Hall–Kier alpha value is -2.65. The zero-order valence-corrected chi connectivity index (χ0v) is 12.9. The number of ketones is 1. The number of halogens is 1. The number of rotatable bonds is 6. The maximum absolute atomic E-state index is 12.8. The molecule has 1 N–H and O–H groups in total. The van der Waals surface area contributed by atoms with Gasteiger partial charge in [-0.05, 0) is 60.3 Å². The molecule has 2 aromatic rings. The van der Waals surface area contributed by atoms with Crippen molar-refractivity contribution >= 4 is 29.1 Å². The van der Waals surface area contributed by atoms with E-state index in [9.17, 15) is 14.0 Å². The van der Waals surface area contributed by atoms with Gasteiger partial charge in [-0.15, -0.1) is 0 Å². The maximum atomic E-state index is 12.8. The van der Waals surface area contributed by atoms with Crippen LogP contribution in [-0.2, 0) is 4.79 Å². The molecule has 0 atom stereocenters. The van der Waals surface area contributed by atoms with Crippen LogP contribution in [0.3, 0.4) is 0 Å². The summed E-state index contributed by atoms with van der Waals surface area (Å²) in [6.07, 6.45) is 0.102. The number of nitrogens with one attached hydrogen (secondary N) is 1. The van der Waals surface area contributed by atoms with Gasteiger partial charge in [0.1, 0.15) is 11.2 Å². The van der Waals surface area contributed by atoms with Crippen molar-refractivity contribution < 1.29 is 14.0 Å². The molecular weight excluding hydrogens is 315 g/mol. The number of nitrogens with zero attached hydrogens (tertiary/aromatic N) is 1. The smallest absolute Gasteiger partial charge is 0.224 e. The lowest BCUT2D eigenvalue weighted by atomic mass is 10.1. The van der Waals surface area contributed by atoms with E-state index in [0.717, 1.165) is 16.7 Å². The van der Waals surface area contributed by atoms with Gasteiger partial charge >= 0.3 is 0 Å². The first-order valence-electron chi connectivity index (χ1n) is 6.83. The molecule has 0 spiro atoms. The summed E-state index contributed by atoms with van der Waals surface area (Å²) in [6.45, 7) is 0. The topological polar surface area (TPSA) is 70.0 Å². The largest absolute Gasteiger partial charge is 0.326 e. The van der Waals surface area contributed by atoms with E-state index in [4.69, 9.17) is 5.26 Å². The van der Waals surface area contributed by atoms with Gasteiger partial charge < -0.3 is 5.32 Å². The number of hydrogen-bond donors (Lipinski definition) is 1. The quantitative estimate of drug-likeness (QED) is 0.494. The van der Waals surface area contributed by atoms with Crippen LogP contribution in [0.2, 0.25) is 0 Å². The monoisotopic (exact) mass is 328 g/mol. The van der Waals surface area contributed by atoms with Crippen molar-refractivity contribution in [2.75, 3.05) is 5.32 Å². The van der Waals surface area contributed by atoms with E-state index in [2.05, 4.69) is 5.32 Å². The minimum absolute atomic E-state index is 0.0465. The zero-order chi connectivity index (χ0) is 16.7. The number of amides is 1. The van der Waals surface area contributed by atoms with Gasteiger partial charge in [-0.25, -0.2) is 4.39 Å². The molecule has 0 heterocycles. The van der Waals surface area contributed by atoms with E-state index in [1.165, 1.54) is 24.3 Å². The Balaban J connectivity index is 1.84. The second kappa shape index (κ2) is 8.11. The van der Waals surface area contributed by atoms with Gasteiger partial charge in [-0.3, -0.25) is 9.59 Å². The van der Waals surface area contributed by atoms with E-state index in [1.807, 2.05) is 5.40 Å². The molecule has 0 bridgehead atoms. The van der Waals surface area contributed by atoms with Crippen molar-refractivity contribution in [2.24, 2.45) is 0 Å². The lowest BCUT2D eigenvalue weighted by Gasteiger charge is -2.05. The molecule has 0 aliphatic rings. The van der Waals surface area contributed by atoms with Crippen LogP contribution in [0.1, 0.15) is 23.2 Å². The molecule has 0 unspecified atom stereocenters. The SMILES string of the molecule is N#CSc1ccc(NC(=O)CCC(=O)c2ccc(F)cc2)cc1. The minimum atomic E-state index is -0.405. The van der Waals surface area contributed by atoms with Crippen molar-refractivity contribution in [2.45, 2.75) is 17.7 Å². The van der Waals surface area contributed by atoms with Gasteiger partial charge in [0, 0.05) is 29.0 Å². The molecule has 116 valence electrons. The van der Waals surface area contributed by atoms with Gasteiger partial charge in [0.15, 0.2) is 5.78 Å². The summed E-state index contributed by atoms with van der Waals surface area (Å²) < 4.78 is 12.8. The van der Waals surface area contributed by atoms with Crippen LogP contribution < -0.4 is 5.32 Å². The predicted octanol–water partition coefficient (Wildman–Crippen LogP) is 4.00. The number of Topliss-reactive ketones (excluding diaryl/α,β-unsaturated/α-hetero) is 1. The number of anilines is 1. The third-order valence-corrected chi connectivity index (χ3v) is 3.65. The normalized spacial score (nSPS) is 9.91. The summed E-state index contributed by atoms with van der Waals surface area (Å²) in [6, 6.07) is 12.1. The number of nitriles is 1. The minimum Gasteiger partial charge on any atom is -0.326 e. The fourth-order valence-corrected chi connectivity index (χ4v) is 2.27. The van der Waals surface area contributed by atoms with Crippen LogP contribution in [0.5, 0.6) is 0 Å². The van der Waals surface area contributed by atoms with Gasteiger partial charge in [-0.1, -0.05) is 0 Å². The average Bonchev–Trinajstić information content (AvgIpc) is 2.55. The van der Waals surface area contributed by atoms with E-state index in [-0.39, 0.29) is 24.5 Å². The molecule has 4 nitrogen and oxygen atoms in total. The van der Waals surface area contributed by atoms with E-state index < -0.39 is 5.82 Å². The molecule has 0 aromatic heterocycles. The fourth-order valence-electron chi connectivity index (χ4n) is 1.89. The molecular formula is C17H13FN2O2S. The number of carbonyl (C=O) groups excluding carboxylic acids is 2. The highest BCUT2D eigenvalue weighted by Gasteiger charge is 2.10. The van der Waals surface area contributed by atoms with Crippen molar-refractivity contribution in [3.05, 3.63) is 59.9 Å². The number of hydrogen-bond acceptors (Lipinski definition) is 4. The van der Waals surface area contributed by atoms with Crippen LogP contribution in [0, 0.1) is 16.5 Å². The molecule has 0 saturated carbocycles. The first-order chi connectivity index (χ1) is 11.1. The molecule has 0 aliphatic heterocycles. The van der Waals surface area contributed by atoms with Gasteiger partial charge in [0.05, 0.1) is 0 Å². The second-order valence-corrected chi connectivity index (χ2v) is 5.55. The summed E-state index contributed by atoms with van der Waals surface area (Å²) in [7, 11) is 0. The van der Waals surface area contributed by atoms with Gasteiger partial charge in [0.2, 0.25) is 5.91 Å². The summed E-state index contributed by atoms with van der Waals surface area (Å²) in [4.78, 5) is 24.5. The Labute approximate surface area is 137 Å². The van der Waals surface area contributed by atoms with Crippen LogP contribution in [0.25, 0.3) is 0 Å². The van der Waals surface area contributed by atoms with Crippen molar-refractivity contribution in [1.82, 2.24) is 0 Å². The Kier molecular flexibility index (Phi) is 5.89. The van der Waals surface area contributed by atoms with E-state index in [0.29, 0.717) is 11.3 Å². The first-order valence-corrected chi connectivity index (χ1v) is 7.65. The highest BCUT2D eigenvalue weighted by Crippen LogP contribution is 2.19. The molecule has 0 fully saturated rings. The van der Waals surface area contributed by atoms with Crippen LogP contribution in [-0.4, -0.2) is 11.7 Å². The lowest BCUT2D eigenvalue weighted by Crippen LogP contribution is -2.13. The third-order valence-electron chi connectivity index (χ3n) is 3.05. The summed E-state index contributed by atoms with van der Waals surface area (Å²) in [5.41, 5.74) is 0.989. The van der Waals surface area contributed by atoms with Gasteiger partial charge in [0.25, 0.3) is 0 Å². The van der Waals surface area contributed by atoms with Crippen LogP contribution >= 0.6 is 11.8 Å². The molecule has 0 aliphatic carbocycles. The zero-order valence-electron chi connectivity index (χ0n) is 12.1. The molecule has 6 heteroatoms. The number of carbonyl (C=O) groups is 2. The standard InChI is InChI=1S/C17H13FN2O2S/c18-13-3-1-12(2-4-13)16(21)9-10-17(22)20-14-5-7-15(8-6-14)23-11-19/h1-8H,9-10H2,(H,20,22). The molecule has 23 heavy (non-hydrogen) atoms. The Morgan fingerprint density at radius 1 is 1.04 bits per heavy atom. The van der Waals surface area contributed by atoms with Crippen molar-refractivity contribution in [1.29, 1.82) is 5.26 Å². The van der Waals surface area contributed by atoms with E-state index in [1.54, 1.807) is 24.3 Å². The van der Waals surface area contributed by atoms with Crippen molar-refractivity contribution in [3.63, 3.8) is 0 Å². The fraction of sp³-hybridized carbons (Fsp3) is 0.118. The second-order valence-electron chi connectivity index (χ2n) is 4.70. The molecule has 2 aromatic carbocycles. The Bertz CT molecular complexity index is 737. The summed E-state index contributed by atoms with van der Waals surface area (Å²) in [5, 5.41) is 13.2. The molecule has 1 amide bonds. The Morgan fingerprint density at radius 2 is 1.70 bits per heavy atom. The first kappa shape index (κ1) is 16.7. The third kappa shape index (κ3) is 5.24. The summed E-state index contributed by atoms with van der Waals surface area (Å²) in [5.74, 6) is -0.889. The Morgan fingerprint density at radius 3 is 2.30 bits per heavy atom. The van der Waals surface area contributed by atoms with Crippen LogP contribution in [0.4, 0.5) is 10.1 Å². The lowest BCUT2D eigenvalue weighted by molar-refractivity contribution is -0.116. The predicted molar refractivity (Wildman–Crippen MR) is 86.5 cm³/mol. The van der Waals surface area contributed by atoms with Gasteiger partial charge in [-0.2, -0.15) is 5.26 Å². The van der Waals surface area contributed by atoms with Crippen molar-refractivity contribution in [3.8, 4) is 5.40 Å². The number of thiocyanates is 1. The maximum Gasteiger partial charge on any atom is 0.224 e. The number of thioether (sulfide) groups is 1. The molecule has 0 radical (unpaired) electrons. The highest BCUT2D eigenvalue weighted by atomic mass is 32.2. The van der Waals surface area contributed by atoms with E-state index >= 15 is 0 Å². The van der Waals surface area contributed by atoms with Crippen LogP contribution in [0.15, 0.2) is 53.4 Å². The molecule has 2 rings (SSSR count). The highest BCUT2D eigenvalue weighted by molar-refractivity contribution is 8.03. The summed E-state index contributed by atoms with van der Waals surface area (Å²) >= 11 is 1.04. The number of benzene rings is 2.